The van der Waals surface area contributed by atoms with E-state index in [1.165, 1.54) is 0 Å². The number of nitrogens with one attached hydrogen (secondary N) is 1. The van der Waals surface area contributed by atoms with Crippen LogP contribution in [-0.4, -0.2) is 25.7 Å². The number of H-pyrrole nitrogens is 1. The Morgan fingerprint density at radius 2 is 2.04 bits per heavy atom. The van der Waals surface area contributed by atoms with Crippen molar-refractivity contribution >= 4 is 11.1 Å². The maximum Gasteiger partial charge on any atom is 0.417 e. The first-order valence-corrected chi connectivity index (χ1v) is 8.49. The molecule has 0 amide bonds. The Hall–Kier alpha value is -3.12. The number of rotatable bonds is 5. The summed E-state index contributed by atoms with van der Waals surface area (Å²) in [6.45, 7) is 2.36. The third-order valence-corrected chi connectivity index (χ3v) is 4.32. The summed E-state index contributed by atoms with van der Waals surface area (Å²) in [7, 11) is 0. The van der Waals surface area contributed by atoms with Crippen LogP contribution in [0.2, 0.25) is 0 Å². The molecule has 0 fully saturated rings. The smallest absolute Gasteiger partial charge is 0.408 e. The van der Waals surface area contributed by atoms with E-state index in [1.807, 2.05) is 47.0 Å². The van der Waals surface area contributed by atoms with E-state index in [4.69, 9.17) is 4.42 Å². The molecule has 0 spiro atoms. The van der Waals surface area contributed by atoms with Crippen molar-refractivity contribution in [2.75, 3.05) is 0 Å². The summed E-state index contributed by atoms with van der Waals surface area (Å²) in [6.07, 6.45) is 1.83. The highest BCUT2D eigenvalue weighted by molar-refractivity contribution is 5.72. The average molecular weight is 349 g/mol. The van der Waals surface area contributed by atoms with Crippen molar-refractivity contribution in [1.82, 2.24) is 14.5 Å². The van der Waals surface area contributed by atoms with Gasteiger partial charge in [0.25, 0.3) is 0 Å². The Morgan fingerprint density at radius 1 is 1.23 bits per heavy atom. The minimum absolute atomic E-state index is 0.457. The Bertz CT molecular complexity index is 1090. The molecule has 0 aliphatic rings. The molecule has 1 unspecified atom stereocenters. The van der Waals surface area contributed by atoms with Crippen LogP contribution in [0.3, 0.4) is 0 Å². The van der Waals surface area contributed by atoms with Crippen molar-refractivity contribution in [1.29, 1.82) is 0 Å². The van der Waals surface area contributed by atoms with Gasteiger partial charge in [0.15, 0.2) is 5.58 Å². The number of imidazole rings is 1. The molecule has 6 nitrogen and oxygen atoms in total. The summed E-state index contributed by atoms with van der Waals surface area (Å²) in [5.74, 6) is -0.457. The normalized spacial score (nSPS) is 12.5. The molecule has 4 aromatic rings. The SMILES string of the molecule is CC(O)Cc1c(-c2ccccc2)ncn1Cc1ccc2oc(=O)[nH]c2c1. The highest BCUT2D eigenvalue weighted by atomic mass is 16.4. The van der Waals surface area contributed by atoms with Crippen LogP contribution in [0.25, 0.3) is 22.4 Å². The summed E-state index contributed by atoms with van der Waals surface area (Å²) in [6, 6.07) is 15.6. The summed E-state index contributed by atoms with van der Waals surface area (Å²) in [4.78, 5) is 18.6. The van der Waals surface area contributed by atoms with Gasteiger partial charge in [-0.05, 0) is 24.6 Å². The molecule has 0 saturated carbocycles. The molecular formula is C20H19N3O3. The molecule has 0 radical (unpaired) electrons. The lowest BCUT2D eigenvalue weighted by Gasteiger charge is -2.12. The van der Waals surface area contributed by atoms with E-state index in [0.29, 0.717) is 24.1 Å². The number of oxazole rings is 1. The minimum atomic E-state index is -0.472. The van der Waals surface area contributed by atoms with Gasteiger partial charge < -0.3 is 14.1 Å². The van der Waals surface area contributed by atoms with Crippen LogP contribution in [0.5, 0.6) is 0 Å². The Kier molecular flexibility index (Phi) is 4.18. The van der Waals surface area contributed by atoms with Crippen molar-refractivity contribution in [3.05, 3.63) is 76.7 Å². The third kappa shape index (κ3) is 3.19. The second-order valence-corrected chi connectivity index (χ2v) is 6.43. The molecule has 132 valence electrons. The number of hydrogen-bond acceptors (Lipinski definition) is 4. The van der Waals surface area contributed by atoms with Crippen molar-refractivity contribution in [3.63, 3.8) is 0 Å². The van der Waals surface area contributed by atoms with Crippen molar-refractivity contribution in [2.24, 2.45) is 0 Å². The number of fused-ring (bicyclic) bond motifs is 1. The van der Waals surface area contributed by atoms with Crippen LogP contribution in [0.15, 0.2) is 64.1 Å². The van der Waals surface area contributed by atoms with Crippen molar-refractivity contribution in [2.45, 2.75) is 26.0 Å². The number of aliphatic hydroxyl groups is 1. The molecule has 2 aromatic heterocycles. The number of aromatic amines is 1. The molecule has 0 aliphatic heterocycles. The first kappa shape index (κ1) is 16.4. The standard InChI is InChI=1S/C20H19N3O3/c1-13(24)9-17-19(15-5-3-2-4-6-15)21-12-23(17)11-14-7-8-18-16(10-14)22-20(25)26-18/h2-8,10,12-13,24H,9,11H2,1H3,(H,22,25). The summed E-state index contributed by atoms with van der Waals surface area (Å²) in [5, 5.41) is 9.94. The fourth-order valence-corrected chi connectivity index (χ4v) is 3.17. The van der Waals surface area contributed by atoms with E-state index in [2.05, 4.69) is 9.97 Å². The topological polar surface area (TPSA) is 84.1 Å². The molecular weight excluding hydrogens is 330 g/mol. The lowest BCUT2D eigenvalue weighted by molar-refractivity contribution is 0.193. The molecule has 2 N–H and O–H groups in total. The molecule has 4 rings (SSSR count). The van der Waals surface area contributed by atoms with Gasteiger partial charge in [0.05, 0.1) is 23.6 Å². The van der Waals surface area contributed by atoms with Gasteiger partial charge in [-0.15, -0.1) is 0 Å². The predicted octanol–water partition coefficient (Wildman–Crippen LogP) is 2.96. The number of hydrogen-bond donors (Lipinski definition) is 2. The molecule has 0 bridgehead atoms. The van der Waals surface area contributed by atoms with Crippen LogP contribution in [0.4, 0.5) is 0 Å². The molecule has 2 aromatic carbocycles. The molecule has 0 saturated heterocycles. The molecule has 26 heavy (non-hydrogen) atoms. The fourth-order valence-electron chi connectivity index (χ4n) is 3.17. The van der Waals surface area contributed by atoms with Gasteiger partial charge in [-0.2, -0.15) is 0 Å². The minimum Gasteiger partial charge on any atom is -0.408 e. The number of aliphatic hydroxyl groups excluding tert-OH is 1. The second kappa shape index (κ2) is 6.65. The van der Waals surface area contributed by atoms with Crippen LogP contribution in [0, 0.1) is 0 Å². The average Bonchev–Trinajstić information content (AvgIpc) is 3.18. The van der Waals surface area contributed by atoms with Crippen LogP contribution in [-0.2, 0) is 13.0 Å². The Morgan fingerprint density at radius 3 is 2.81 bits per heavy atom. The molecule has 1 atom stereocenters. The second-order valence-electron chi connectivity index (χ2n) is 6.43. The maximum absolute atomic E-state index is 11.3. The zero-order valence-electron chi connectivity index (χ0n) is 14.3. The predicted molar refractivity (Wildman–Crippen MR) is 99.0 cm³/mol. The van der Waals surface area contributed by atoms with Gasteiger partial charge in [0.2, 0.25) is 0 Å². The van der Waals surface area contributed by atoms with Gasteiger partial charge in [-0.1, -0.05) is 36.4 Å². The van der Waals surface area contributed by atoms with Crippen LogP contribution in [0.1, 0.15) is 18.2 Å². The quantitative estimate of drug-likeness (QED) is 0.580. The van der Waals surface area contributed by atoms with Crippen molar-refractivity contribution < 1.29 is 9.52 Å². The monoisotopic (exact) mass is 349 g/mol. The highest BCUT2D eigenvalue weighted by Crippen LogP contribution is 2.24. The first-order chi connectivity index (χ1) is 12.6. The summed E-state index contributed by atoms with van der Waals surface area (Å²) >= 11 is 0. The van der Waals surface area contributed by atoms with E-state index < -0.39 is 11.9 Å². The van der Waals surface area contributed by atoms with Crippen molar-refractivity contribution in [3.8, 4) is 11.3 Å². The Labute approximate surface area is 149 Å². The lowest BCUT2D eigenvalue weighted by atomic mass is 10.1. The zero-order chi connectivity index (χ0) is 18.1. The molecule has 6 heteroatoms. The van der Waals surface area contributed by atoms with E-state index >= 15 is 0 Å². The van der Waals surface area contributed by atoms with E-state index in [0.717, 1.165) is 22.5 Å². The van der Waals surface area contributed by atoms with Gasteiger partial charge in [0.1, 0.15) is 0 Å². The van der Waals surface area contributed by atoms with Crippen LogP contribution >= 0.6 is 0 Å². The zero-order valence-corrected chi connectivity index (χ0v) is 14.3. The molecule has 0 aliphatic carbocycles. The first-order valence-electron chi connectivity index (χ1n) is 8.49. The van der Waals surface area contributed by atoms with Gasteiger partial charge in [0, 0.05) is 24.2 Å². The van der Waals surface area contributed by atoms with Gasteiger partial charge in [-0.3, -0.25) is 4.98 Å². The third-order valence-electron chi connectivity index (χ3n) is 4.32. The lowest BCUT2D eigenvalue weighted by Crippen LogP contribution is -2.11. The Balaban J connectivity index is 1.72. The van der Waals surface area contributed by atoms with E-state index in [-0.39, 0.29) is 0 Å². The van der Waals surface area contributed by atoms with E-state index in [1.54, 1.807) is 19.3 Å². The number of benzene rings is 2. The highest BCUT2D eigenvalue weighted by Gasteiger charge is 2.15. The fraction of sp³-hybridized carbons (Fsp3) is 0.200. The summed E-state index contributed by atoms with van der Waals surface area (Å²) in [5.41, 5.74) is 5.11. The molecule has 2 heterocycles. The largest absolute Gasteiger partial charge is 0.417 e. The van der Waals surface area contributed by atoms with Gasteiger partial charge in [-0.25, -0.2) is 9.78 Å². The van der Waals surface area contributed by atoms with Gasteiger partial charge >= 0.3 is 5.76 Å². The number of nitrogens with zero attached hydrogens (tertiary/aromatic N) is 2. The van der Waals surface area contributed by atoms with Crippen LogP contribution < -0.4 is 5.76 Å². The summed E-state index contributed by atoms with van der Waals surface area (Å²) < 4.78 is 7.08. The maximum atomic E-state index is 11.3. The van der Waals surface area contributed by atoms with E-state index in [9.17, 15) is 9.90 Å². The number of aromatic nitrogens is 3.